The highest BCUT2D eigenvalue weighted by Gasteiger charge is 2.08. The second-order valence-electron chi connectivity index (χ2n) is 4.68. The fraction of sp³-hybridized carbons (Fsp3) is 0.0667. The molecule has 2 aromatic carbocycles. The Morgan fingerprint density at radius 2 is 1.86 bits per heavy atom. The minimum atomic E-state index is -0.470. The molecule has 0 aliphatic carbocycles. The van der Waals surface area contributed by atoms with E-state index in [1.165, 1.54) is 4.80 Å². The van der Waals surface area contributed by atoms with Crippen LogP contribution < -0.4 is 5.73 Å². The summed E-state index contributed by atoms with van der Waals surface area (Å²) in [4.78, 5) is 12.5. The summed E-state index contributed by atoms with van der Waals surface area (Å²) in [5.74, 6) is 0.00459. The van der Waals surface area contributed by atoms with Crippen molar-refractivity contribution in [3.8, 4) is 11.4 Å². The lowest BCUT2D eigenvalue weighted by molar-refractivity contribution is 0.100. The molecule has 0 atom stereocenters. The van der Waals surface area contributed by atoms with E-state index in [0.29, 0.717) is 23.0 Å². The van der Waals surface area contributed by atoms with Crippen LogP contribution in [0.15, 0.2) is 48.5 Å². The molecule has 7 heteroatoms. The fourth-order valence-corrected chi connectivity index (χ4v) is 2.18. The van der Waals surface area contributed by atoms with Crippen LogP contribution >= 0.6 is 11.6 Å². The molecule has 0 unspecified atom stereocenters. The van der Waals surface area contributed by atoms with Crippen molar-refractivity contribution in [2.45, 2.75) is 6.54 Å². The van der Waals surface area contributed by atoms with Gasteiger partial charge in [0.2, 0.25) is 11.7 Å². The van der Waals surface area contributed by atoms with Gasteiger partial charge in [0.05, 0.1) is 6.54 Å². The zero-order valence-electron chi connectivity index (χ0n) is 11.5. The first kappa shape index (κ1) is 14.2. The maximum atomic E-state index is 11.0. The number of benzene rings is 2. The lowest BCUT2D eigenvalue weighted by Crippen LogP contribution is -2.10. The number of nitrogens with zero attached hydrogens (tertiary/aromatic N) is 4. The number of carbonyl (C=O) groups excluding carboxylic acids is 1. The molecule has 6 nitrogen and oxygen atoms in total. The highest BCUT2D eigenvalue weighted by atomic mass is 35.5. The summed E-state index contributed by atoms with van der Waals surface area (Å²) < 4.78 is 0. The molecule has 110 valence electrons. The molecular weight excluding hydrogens is 302 g/mol. The Bertz CT molecular complexity index is 813. The molecular formula is C15H12ClN5O. The highest BCUT2D eigenvalue weighted by Crippen LogP contribution is 2.17. The van der Waals surface area contributed by atoms with Gasteiger partial charge in [0.15, 0.2) is 0 Å². The van der Waals surface area contributed by atoms with Crippen molar-refractivity contribution in [2.75, 3.05) is 0 Å². The summed E-state index contributed by atoms with van der Waals surface area (Å²) in [7, 11) is 0. The topological polar surface area (TPSA) is 86.7 Å². The summed E-state index contributed by atoms with van der Waals surface area (Å²) in [6.07, 6.45) is 0. The van der Waals surface area contributed by atoms with Crippen molar-refractivity contribution >= 4 is 17.5 Å². The summed E-state index contributed by atoms with van der Waals surface area (Å²) in [5.41, 5.74) is 7.32. The summed E-state index contributed by atoms with van der Waals surface area (Å²) in [5, 5.41) is 13.0. The van der Waals surface area contributed by atoms with E-state index < -0.39 is 5.91 Å². The van der Waals surface area contributed by atoms with Gasteiger partial charge >= 0.3 is 0 Å². The predicted molar refractivity (Wildman–Crippen MR) is 82.3 cm³/mol. The number of rotatable bonds is 4. The molecule has 3 aromatic rings. The molecule has 2 N–H and O–H groups in total. The molecule has 1 aromatic heterocycles. The summed E-state index contributed by atoms with van der Waals surface area (Å²) >= 11 is 6.11. The van der Waals surface area contributed by atoms with Gasteiger partial charge in [-0.1, -0.05) is 41.9 Å². The molecule has 0 radical (unpaired) electrons. The minimum absolute atomic E-state index is 0.437. The van der Waals surface area contributed by atoms with Crippen LogP contribution in [0.25, 0.3) is 11.4 Å². The largest absolute Gasteiger partial charge is 0.366 e. The quantitative estimate of drug-likeness (QED) is 0.799. The number of tetrazole rings is 1. The van der Waals surface area contributed by atoms with E-state index in [1.54, 1.807) is 24.3 Å². The fourth-order valence-electron chi connectivity index (χ4n) is 1.99. The van der Waals surface area contributed by atoms with Crippen LogP contribution in [0.2, 0.25) is 5.02 Å². The first-order valence-corrected chi connectivity index (χ1v) is 6.93. The normalized spacial score (nSPS) is 10.6. The zero-order valence-corrected chi connectivity index (χ0v) is 12.2. The van der Waals surface area contributed by atoms with Crippen molar-refractivity contribution in [1.82, 2.24) is 20.2 Å². The zero-order chi connectivity index (χ0) is 15.5. The van der Waals surface area contributed by atoms with E-state index >= 15 is 0 Å². The van der Waals surface area contributed by atoms with Crippen molar-refractivity contribution in [1.29, 1.82) is 0 Å². The number of carbonyl (C=O) groups is 1. The molecule has 0 aliphatic rings. The second-order valence-corrected chi connectivity index (χ2v) is 5.08. The van der Waals surface area contributed by atoms with Gasteiger partial charge in [-0.05, 0) is 29.0 Å². The Kier molecular flexibility index (Phi) is 3.84. The summed E-state index contributed by atoms with van der Waals surface area (Å²) in [6, 6.07) is 14.2. The summed E-state index contributed by atoms with van der Waals surface area (Å²) in [6.45, 7) is 0.437. The maximum Gasteiger partial charge on any atom is 0.248 e. The molecule has 0 spiro atoms. The third kappa shape index (κ3) is 2.96. The van der Waals surface area contributed by atoms with E-state index in [-0.39, 0.29) is 0 Å². The average molecular weight is 314 g/mol. The number of hydrogen-bond acceptors (Lipinski definition) is 4. The van der Waals surface area contributed by atoms with Gasteiger partial charge in [-0.15, -0.1) is 10.2 Å². The predicted octanol–water partition coefficient (Wildman–Crippen LogP) is 2.14. The van der Waals surface area contributed by atoms with E-state index in [1.807, 2.05) is 24.3 Å². The maximum absolute atomic E-state index is 11.0. The molecule has 0 bridgehead atoms. The number of hydrogen-bond donors (Lipinski definition) is 1. The SMILES string of the molecule is NC(=O)c1ccc(-c2nnn(Cc3ccccc3Cl)n2)cc1. The third-order valence-electron chi connectivity index (χ3n) is 3.15. The Balaban J connectivity index is 1.81. The molecule has 0 saturated carbocycles. The Morgan fingerprint density at radius 3 is 2.55 bits per heavy atom. The van der Waals surface area contributed by atoms with E-state index in [9.17, 15) is 4.79 Å². The van der Waals surface area contributed by atoms with Crippen LogP contribution in [0.5, 0.6) is 0 Å². The smallest absolute Gasteiger partial charge is 0.248 e. The molecule has 3 rings (SSSR count). The number of halogens is 1. The van der Waals surface area contributed by atoms with Gasteiger partial charge in [0.25, 0.3) is 0 Å². The van der Waals surface area contributed by atoms with Crippen LogP contribution in [0.1, 0.15) is 15.9 Å². The van der Waals surface area contributed by atoms with Gasteiger partial charge < -0.3 is 5.73 Å². The van der Waals surface area contributed by atoms with E-state index in [2.05, 4.69) is 15.4 Å². The van der Waals surface area contributed by atoms with Gasteiger partial charge in [-0.2, -0.15) is 4.80 Å². The van der Waals surface area contributed by atoms with E-state index in [0.717, 1.165) is 11.1 Å². The average Bonchev–Trinajstić information content (AvgIpc) is 2.98. The Morgan fingerprint density at radius 1 is 1.14 bits per heavy atom. The molecule has 22 heavy (non-hydrogen) atoms. The van der Waals surface area contributed by atoms with E-state index in [4.69, 9.17) is 17.3 Å². The van der Waals surface area contributed by atoms with Gasteiger partial charge in [0.1, 0.15) is 0 Å². The minimum Gasteiger partial charge on any atom is -0.366 e. The van der Waals surface area contributed by atoms with Crippen LogP contribution in [-0.4, -0.2) is 26.1 Å². The van der Waals surface area contributed by atoms with Crippen molar-refractivity contribution in [2.24, 2.45) is 5.73 Å². The van der Waals surface area contributed by atoms with Crippen LogP contribution in [-0.2, 0) is 6.54 Å². The van der Waals surface area contributed by atoms with Crippen molar-refractivity contribution in [3.05, 3.63) is 64.7 Å². The van der Waals surface area contributed by atoms with Gasteiger partial charge in [0, 0.05) is 16.1 Å². The standard InChI is InChI=1S/C15H12ClN5O/c16-13-4-2-1-3-12(13)9-21-19-15(18-20-21)11-7-5-10(6-8-11)14(17)22/h1-8H,9H2,(H2,17,22). The lowest BCUT2D eigenvalue weighted by atomic mass is 10.1. The Labute approximate surface area is 131 Å². The lowest BCUT2D eigenvalue weighted by Gasteiger charge is -2.01. The second kappa shape index (κ2) is 5.95. The highest BCUT2D eigenvalue weighted by molar-refractivity contribution is 6.31. The van der Waals surface area contributed by atoms with Crippen molar-refractivity contribution < 1.29 is 4.79 Å². The molecule has 0 fully saturated rings. The molecule has 0 aliphatic heterocycles. The van der Waals surface area contributed by atoms with Crippen LogP contribution in [0, 0.1) is 0 Å². The number of primary amides is 1. The first-order valence-electron chi connectivity index (χ1n) is 6.55. The van der Waals surface area contributed by atoms with Crippen LogP contribution in [0.4, 0.5) is 0 Å². The van der Waals surface area contributed by atoms with Gasteiger partial charge in [-0.25, -0.2) is 0 Å². The van der Waals surface area contributed by atoms with Crippen LogP contribution in [0.3, 0.4) is 0 Å². The molecule has 1 heterocycles. The molecule has 0 saturated heterocycles. The van der Waals surface area contributed by atoms with Crippen molar-refractivity contribution in [3.63, 3.8) is 0 Å². The first-order chi connectivity index (χ1) is 10.6. The Hall–Kier alpha value is -2.73. The monoisotopic (exact) mass is 313 g/mol. The molecule has 1 amide bonds. The van der Waals surface area contributed by atoms with Gasteiger partial charge in [-0.3, -0.25) is 4.79 Å². The number of amides is 1. The number of nitrogens with two attached hydrogens (primary N) is 1. The third-order valence-corrected chi connectivity index (χ3v) is 3.52. The number of aromatic nitrogens is 4.